The Kier molecular flexibility index (Phi) is 6.26. The molecule has 0 bridgehead atoms. The second-order valence-electron chi connectivity index (χ2n) is 5.97. The summed E-state index contributed by atoms with van der Waals surface area (Å²) in [6, 6.07) is 4.03. The Balaban J connectivity index is 1.90. The zero-order chi connectivity index (χ0) is 16.2. The molecule has 0 aliphatic carbocycles. The molecule has 6 heteroatoms. The van der Waals surface area contributed by atoms with Gasteiger partial charge in [-0.1, -0.05) is 25.4 Å². The number of carbonyl (C=O) groups is 1. The van der Waals surface area contributed by atoms with Crippen LogP contribution in [-0.4, -0.2) is 48.4 Å². The van der Waals surface area contributed by atoms with Gasteiger partial charge in [-0.25, -0.2) is 0 Å². The highest BCUT2D eigenvalue weighted by Gasteiger charge is 2.37. The quantitative estimate of drug-likeness (QED) is 0.864. The Labute approximate surface area is 142 Å². The predicted molar refractivity (Wildman–Crippen MR) is 93.3 cm³/mol. The monoisotopic (exact) mass is 343 g/mol. The van der Waals surface area contributed by atoms with E-state index in [1.807, 2.05) is 11.0 Å². The molecule has 1 aromatic rings. The third-order valence-corrected chi connectivity index (χ3v) is 6.08. The van der Waals surface area contributed by atoms with Gasteiger partial charge in [0.2, 0.25) is 5.91 Å². The lowest BCUT2D eigenvalue weighted by Gasteiger charge is -2.40. The number of thiophene rings is 1. The lowest BCUT2D eigenvalue weighted by atomic mass is 9.81. The van der Waals surface area contributed by atoms with Crippen molar-refractivity contribution in [2.45, 2.75) is 33.2 Å². The number of amides is 1. The molecule has 0 saturated carbocycles. The second-order valence-corrected chi connectivity index (χ2v) is 7.77. The average molecular weight is 344 g/mol. The number of hydrogen-bond donors (Lipinski definition) is 1. The van der Waals surface area contributed by atoms with E-state index in [1.165, 1.54) is 4.88 Å². The molecule has 1 amide bonds. The Morgan fingerprint density at radius 1 is 1.27 bits per heavy atom. The van der Waals surface area contributed by atoms with Crippen LogP contribution in [0, 0.1) is 5.41 Å². The minimum absolute atomic E-state index is 0.235. The number of piperazine rings is 1. The Bertz CT molecular complexity index is 485. The minimum Gasteiger partial charge on any atom is -0.340 e. The molecule has 1 aliphatic rings. The molecule has 1 aliphatic heterocycles. The summed E-state index contributed by atoms with van der Waals surface area (Å²) in [6.45, 7) is 8.88. The summed E-state index contributed by atoms with van der Waals surface area (Å²) in [5.74, 6) is 0.235. The maximum atomic E-state index is 12.8. The van der Waals surface area contributed by atoms with E-state index in [4.69, 9.17) is 17.3 Å². The molecule has 4 nitrogen and oxygen atoms in total. The van der Waals surface area contributed by atoms with Crippen LogP contribution in [0.15, 0.2) is 12.1 Å². The van der Waals surface area contributed by atoms with Gasteiger partial charge in [-0.3, -0.25) is 9.69 Å². The second kappa shape index (κ2) is 7.77. The molecule has 0 atom stereocenters. The van der Waals surface area contributed by atoms with Gasteiger partial charge in [-0.15, -0.1) is 11.3 Å². The van der Waals surface area contributed by atoms with Gasteiger partial charge in [0.25, 0.3) is 0 Å². The first-order valence-corrected chi connectivity index (χ1v) is 9.20. The predicted octanol–water partition coefficient (Wildman–Crippen LogP) is 2.81. The largest absolute Gasteiger partial charge is 0.340 e. The first-order valence-electron chi connectivity index (χ1n) is 8.00. The maximum Gasteiger partial charge on any atom is 0.230 e. The maximum absolute atomic E-state index is 12.8. The Morgan fingerprint density at radius 2 is 1.91 bits per heavy atom. The summed E-state index contributed by atoms with van der Waals surface area (Å²) in [6.07, 6.45) is 1.62. The SMILES string of the molecule is CCC(CC)(CN)C(=O)N1CCN(Cc2ccc(Cl)s2)CC1. The molecule has 1 aromatic heterocycles. The lowest BCUT2D eigenvalue weighted by Crippen LogP contribution is -2.54. The van der Waals surface area contributed by atoms with Crippen molar-refractivity contribution in [3.63, 3.8) is 0 Å². The lowest BCUT2D eigenvalue weighted by molar-refractivity contribution is -0.144. The van der Waals surface area contributed by atoms with Crippen LogP contribution in [0.2, 0.25) is 4.34 Å². The highest BCUT2D eigenvalue weighted by Crippen LogP contribution is 2.28. The van der Waals surface area contributed by atoms with Crippen LogP contribution in [0.5, 0.6) is 0 Å². The normalized spacial score (nSPS) is 17.0. The van der Waals surface area contributed by atoms with E-state index in [0.717, 1.165) is 49.9 Å². The summed E-state index contributed by atoms with van der Waals surface area (Å²) in [4.78, 5) is 18.5. The van der Waals surface area contributed by atoms with Gasteiger partial charge >= 0.3 is 0 Å². The molecule has 0 aromatic carbocycles. The molecule has 22 heavy (non-hydrogen) atoms. The smallest absolute Gasteiger partial charge is 0.230 e. The fraction of sp³-hybridized carbons (Fsp3) is 0.688. The highest BCUT2D eigenvalue weighted by atomic mass is 35.5. The van der Waals surface area contributed by atoms with E-state index < -0.39 is 0 Å². The van der Waals surface area contributed by atoms with Crippen molar-refractivity contribution in [3.05, 3.63) is 21.3 Å². The minimum atomic E-state index is -0.372. The van der Waals surface area contributed by atoms with E-state index in [2.05, 4.69) is 24.8 Å². The van der Waals surface area contributed by atoms with Crippen LogP contribution >= 0.6 is 22.9 Å². The Hall–Kier alpha value is -0.620. The van der Waals surface area contributed by atoms with E-state index in [-0.39, 0.29) is 11.3 Å². The van der Waals surface area contributed by atoms with Crippen molar-refractivity contribution in [2.24, 2.45) is 11.1 Å². The molecular weight excluding hydrogens is 318 g/mol. The van der Waals surface area contributed by atoms with E-state index in [1.54, 1.807) is 11.3 Å². The third-order valence-electron chi connectivity index (χ3n) is 4.87. The molecule has 2 heterocycles. The summed E-state index contributed by atoms with van der Waals surface area (Å²) >= 11 is 7.61. The zero-order valence-electron chi connectivity index (χ0n) is 13.5. The van der Waals surface area contributed by atoms with Gasteiger partial charge in [-0.2, -0.15) is 0 Å². The Morgan fingerprint density at radius 3 is 2.36 bits per heavy atom. The standard InChI is InChI=1S/C16H26ClN3OS/c1-3-16(4-2,12-18)15(21)20-9-7-19(8-10-20)11-13-5-6-14(17)22-13/h5-6H,3-4,7-12,18H2,1-2H3. The van der Waals surface area contributed by atoms with Crippen molar-refractivity contribution in [1.82, 2.24) is 9.80 Å². The van der Waals surface area contributed by atoms with Gasteiger partial charge in [0, 0.05) is 44.1 Å². The first-order chi connectivity index (χ1) is 10.5. The van der Waals surface area contributed by atoms with Gasteiger partial charge in [0.05, 0.1) is 9.75 Å². The molecule has 0 radical (unpaired) electrons. The van der Waals surface area contributed by atoms with Crippen molar-refractivity contribution in [1.29, 1.82) is 0 Å². The van der Waals surface area contributed by atoms with Crippen LogP contribution in [0.4, 0.5) is 0 Å². The number of nitrogens with zero attached hydrogens (tertiary/aromatic N) is 2. The molecule has 2 rings (SSSR count). The molecule has 0 spiro atoms. The van der Waals surface area contributed by atoms with E-state index in [9.17, 15) is 4.79 Å². The van der Waals surface area contributed by atoms with Gasteiger partial charge < -0.3 is 10.6 Å². The average Bonchev–Trinajstić information content (AvgIpc) is 2.95. The molecular formula is C16H26ClN3OS. The van der Waals surface area contributed by atoms with Crippen molar-refractivity contribution < 1.29 is 4.79 Å². The summed E-state index contributed by atoms with van der Waals surface area (Å²) in [5.41, 5.74) is 5.53. The van der Waals surface area contributed by atoms with E-state index in [0.29, 0.717) is 6.54 Å². The van der Waals surface area contributed by atoms with Crippen molar-refractivity contribution >= 4 is 28.8 Å². The molecule has 1 fully saturated rings. The third kappa shape index (κ3) is 3.82. The summed E-state index contributed by atoms with van der Waals surface area (Å²) < 4.78 is 0.836. The molecule has 2 N–H and O–H groups in total. The zero-order valence-corrected chi connectivity index (χ0v) is 15.1. The molecule has 1 saturated heterocycles. The number of halogens is 1. The number of nitrogens with two attached hydrogens (primary N) is 1. The topological polar surface area (TPSA) is 49.6 Å². The van der Waals surface area contributed by atoms with Crippen LogP contribution in [0.3, 0.4) is 0 Å². The molecule has 0 unspecified atom stereocenters. The van der Waals surface area contributed by atoms with E-state index >= 15 is 0 Å². The van der Waals surface area contributed by atoms with Crippen LogP contribution in [-0.2, 0) is 11.3 Å². The van der Waals surface area contributed by atoms with Gasteiger partial charge in [0.15, 0.2) is 0 Å². The summed E-state index contributed by atoms with van der Waals surface area (Å²) in [7, 11) is 0. The van der Waals surface area contributed by atoms with Crippen LogP contribution in [0.1, 0.15) is 31.6 Å². The van der Waals surface area contributed by atoms with Crippen LogP contribution < -0.4 is 5.73 Å². The van der Waals surface area contributed by atoms with Crippen LogP contribution in [0.25, 0.3) is 0 Å². The fourth-order valence-corrected chi connectivity index (χ4v) is 4.16. The van der Waals surface area contributed by atoms with Gasteiger partial charge in [0.1, 0.15) is 0 Å². The number of carbonyl (C=O) groups excluding carboxylic acids is 1. The van der Waals surface area contributed by atoms with Crippen molar-refractivity contribution in [3.8, 4) is 0 Å². The highest BCUT2D eigenvalue weighted by molar-refractivity contribution is 7.16. The van der Waals surface area contributed by atoms with Crippen molar-refractivity contribution in [2.75, 3.05) is 32.7 Å². The molecule has 124 valence electrons. The first kappa shape index (κ1) is 17.7. The van der Waals surface area contributed by atoms with Gasteiger partial charge in [-0.05, 0) is 25.0 Å². The summed E-state index contributed by atoms with van der Waals surface area (Å²) in [5, 5.41) is 0. The number of rotatable bonds is 6. The number of hydrogen-bond acceptors (Lipinski definition) is 4. The fourth-order valence-electron chi connectivity index (χ4n) is 3.03.